The quantitative estimate of drug-likeness (QED) is 0.453. The van der Waals surface area contributed by atoms with Gasteiger partial charge < -0.3 is 4.74 Å². The first-order valence-corrected chi connectivity index (χ1v) is 6.82. The van der Waals surface area contributed by atoms with E-state index in [0.29, 0.717) is 16.3 Å². The van der Waals surface area contributed by atoms with E-state index in [9.17, 15) is 14.5 Å². The molecule has 0 heterocycles. The molecule has 0 aliphatic carbocycles. The fraction of sp³-hybridized carbons (Fsp3) is 0.143. The van der Waals surface area contributed by atoms with Crippen LogP contribution in [0.1, 0.15) is 11.1 Å². The number of rotatable bonds is 5. The lowest BCUT2D eigenvalue weighted by atomic mass is 10.2. The van der Waals surface area contributed by atoms with Crippen molar-refractivity contribution in [3.63, 3.8) is 0 Å². The third kappa shape index (κ3) is 3.83. The lowest BCUT2D eigenvalue weighted by Crippen LogP contribution is -2.02. The molecule has 0 saturated heterocycles. The van der Waals surface area contributed by atoms with Gasteiger partial charge in [-0.3, -0.25) is 10.1 Å². The van der Waals surface area contributed by atoms with Crippen LogP contribution in [0, 0.1) is 15.9 Å². The summed E-state index contributed by atoms with van der Waals surface area (Å²) in [6, 6.07) is 8.10. The first kappa shape index (κ1) is 15.5. The molecule has 21 heavy (non-hydrogen) atoms. The maximum atomic E-state index is 13.2. The molecule has 0 saturated carbocycles. The highest BCUT2D eigenvalue weighted by Crippen LogP contribution is 2.27. The second kappa shape index (κ2) is 6.74. The average Bonchev–Trinajstić information content (AvgIpc) is 2.45. The number of hydrogen-bond acceptors (Lipinski definition) is 3. The van der Waals surface area contributed by atoms with E-state index >= 15 is 0 Å². The topological polar surface area (TPSA) is 52.4 Å². The number of ether oxygens (including phenoxy) is 1. The second-order valence-corrected chi connectivity index (χ2v) is 4.91. The molecule has 0 atom stereocenters. The summed E-state index contributed by atoms with van der Waals surface area (Å²) < 4.78 is 18.7. The average molecular weight is 330 g/mol. The SMILES string of the molecule is O=[N+]([O-])c1ccc(F)cc1COc1ccc(Cl)cc1CCl. The summed E-state index contributed by atoms with van der Waals surface area (Å²) in [6.45, 7) is -0.139. The van der Waals surface area contributed by atoms with Crippen LogP contribution in [0.4, 0.5) is 10.1 Å². The third-order valence-electron chi connectivity index (χ3n) is 2.79. The van der Waals surface area contributed by atoms with E-state index in [2.05, 4.69) is 0 Å². The largest absolute Gasteiger partial charge is 0.488 e. The molecule has 2 rings (SSSR count). The molecule has 2 aromatic carbocycles. The van der Waals surface area contributed by atoms with E-state index in [0.717, 1.165) is 18.2 Å². The van der Waals surface area contributed by atoms with E-state index < -0.39 is 10.7 Å². The van der Waals surface area contributed by atoms with Crippen LogP contribution in [0.5, 0.6) is 5.75 Å². The highest BCUT2D eigenvalue weighted by molar-refractivity contribution is 6.30. The Kier molecular flexibility index (Phi) is 4.98. The minimum atomic E-state index is -0.581. The summed E-state index contributed by atoms with van der Waals surface area (Å²) in [5.74, 6) is 0.0713. The molecular formula is C14H10Cl2FNO3. The van der Waals surface area contributed by atoms with Gasteiger partial charge in [-0.15, -0.1) is 11.6 Å². The molecular weight excluding hydrogens is 320 g/mol. The predicted molar refractivity (Wildman–Crippen MR) is 78.4 cm³/mol. The van der Waals surface area contributed by atoms with Crippen LogP contribution < -0.4 is 4.74 Å². The monoisotopic (exact) mass is 329 g/mol. The molecule has 0 aromatic heterocycles. The van der Waals surface area contributed by atoms with E-state index in [-0.39, 0.29) is 23.7 Å². The number of halogens is 3. The third-order valence-corrected chi connectivity index (χ3v) is 3.31. The Morgan fingerprint density at radius 1 is 1.19 bits per heavy atom. The number of nitro groups is 1. The van der Waals surface area contributed by atoms with Crippen molar-refractivity contribution in [1.29, 1.82) is 0 Å². The number of nitro benzene ring substituents is 1. The molecule has 0 spiro atoms. The summed E-state index contributed by atoms with van der Waals surface area (Å²) >= 11 is 11.6. The predicted octanol–water partition coefficient (Wildman–Crippen LogP) is 4.71. The van der Waals surface area contributed by atoms with E-state index in [1.165, 1.54) is 0 Å². The molecule has 0 aliphatic rings. The highest BCUT2D eigenvalue weighted by Gasteiger charge is 2.15. The molecule has 0 N–H and O–H groups in total. The van der Waals surface area contributed by atoms with E-state index in [4.69, 9.17) is 27.9 Å². The fourth-order valence-electron chi connectivity index (χ4n) is 1.80. The molecule has 0 fully saturated rings. The Morgan fingerprint density at radius 3 is 2.62 bits per heavy atom. The minimum Gasteiger partial charge on any atom is -0.488 e. The molecule has 0 amide bonds. The molecule has 0 bridgehead atoms. The van der Waals surface area contributed by atoms with Gasteiger partial charge in [-0.05, 0) is 30.3 Å². The maximum Gasteiger partial charge on any atom is 0.276 e. The van der Waals surface area contributed by atoms with Crippen LogP contribution in [0.15, 0.2) is 36.4 Å². The number of nitrogens with zero attached hydrogens (tertiary/aromatic N) is 1. The van der Waals surface area contributed by atoms with Crippen molar-refractivity contribution < 1.29 is 14.1 Å². The lowest BCUT2D eigenvalue weighted by molar-refractivity contribution is -0.385. The van der Waals surface area contributed by atoms with Crippen molar-refractivity contribution >= 4 is 28.9 Å². The van der Waals surface area contributed by atoms with Gasteiger partial charge in [0.15, 0.2) is 0 Å². The Bertz CT molecular complexity index is 679. The number of benzene rings is 2. The molecule has 0 radical (unpaired) electrons. The molecule has 7 heteroatoms. The van der Waals surface area contributed by atoms with Crippen molar-refractivity contribution in [2.24, 2.45) is 0 Å². The summed E-state index contributed by atoms with van der Waals surface area (Å²) in [7, 11) is 0. The molecule has 110 valence electrons. The molecule has 4 nitrogen and oxygen atoms in total. The zero-order valence-electron chi connectivity index (χ0n) is 10.7. The van der Waals surface area contributed by atoms with Gasteiger partial charge in [0.1, 0.15) is 18.2 Å². The van der Waals surface area contributed by atoms with Crippen LogP contribution in [0.25, 0.3) is 0 Å². The lowest BCUT2D eigenvalue weighted by Gasteiger charge is -2.10. The number of alkyl halides is 1. The number of hydrogen-bond donors (Lipinski definition) is 0. The van der Waals surface area contributed by atoms with Gasteiger partial charge in [-0.25, -0.2) is 4.39 Å². The maximum absolute atomic E-state index is 13.2. The fourth-order valence-corrected chi connectivity index (χ4v) is 2.20. The molecule has 0 unspecified atom stereocenters. The first-order chi connectivity index (χ1) is 10.0. The van der Waals surface area contributed by atoms with Crippen LogP contribution in [0.3, 0.4) is 0 Å². The Balaban J connectivity index is 2.24. The van der Waals surface area contributed by atoms with E-state index in [1.54, 1.807) is 18.2 Å². The van der Waals surface area contributed by atoms with Crippen molar-refractivity contribution in [3.05, 3.63) is 68.5 Å². The zero-order valence-corrected chi connectivity index (χ0v) is 12.2. The molecule has 0 aliphatic heterocycles. The van der Waals surface area contributed by atoms with Crippen molar-refractivity contribution in [1.82, 2.24) is 0 Å². The zero-order chi connectivity index (χ0) is 15.4. The van der Waals surface area contributed by atoms with Crippen molar-refractivity contribution in [3.8, 4) is 5.75 Å². The van der Waals surface area contributed by atoms with Gasteiger partial charge >= 0.3 is 0 Å². The van der Waals surface area contributed by atoms with Crippen LogP contribution in [-0.2, 0) is 12.5 Å². The van der Waals surface area contributed by atoms with Gasteiger partial charge in [0.25, 0.3) is 5.69 Å². The van der Waals surface area contributed by atoms with Crippen LogP contribution >= 0.6 is 23.2 Å². The van der Waals surface area contributed by atoms with Gasteiger partial charge in [0, 0.05) is 16.7 Å². The smallest absolute Gasteiger partial charge is 0.276 e. The minimum absolute atomic E-state index is 0.139. The summed E-state index contributed by atoms with van der Waals surface area (Å²) in [5.41, 5.74) is 0.608. The Labute approximate surface area is 130 Å². The van der Waals surface area contributed by atoms with Gasteiger partial charge in [0.2, 0.25) is 0 Å². The normalized spacial score (nSPS) is 10.4. The summed E-state index contributed by atoms with van der Waals surface area (Å²) in [6.07, 6.45) is 0. The van der Waals surface area contributed by atoms with Gasteiger partial charge in [-0.1, -0.05) is 11.6 Å². The Hall–Kier alpha value is -1.85. The van der Waals surface area contributed by atoms with Crippen molar-refractivity contribution in [2.45, 2.75) is 12.5 Å². The highest BCUT2D eigenvalue weighted by atomic mass is 35.5. The van der Waals surface area contributed by atoms with Crippen molar-refractivity contribution in [2.75, 3.05) is 0 Å². The van der Waals surface area contributed by atoms with Crippen LogP contribution in [0.2, 0.25) is 5.02 Å². The second-order valence-electron chi connectivity index (χ2n) is 4.20. The standard InChI is InChI=1S/C14H10Cl2FNO3/c15-7-9-5-11(16)1-4-14(9)21-8-10-6-12(17)2-3-13(10)18(19)20/h1-6H,7-8H2. The summed E-state index contributed by atoms with van der Waals surface area (Å²) in [5, 5.41) is 11.4. The van der Waals surface area contributed by atoms with Crippen LogP contribution in [-0.4, -0.2) is 4.92 Å². The first-order valence-electron chi connectivity index (χ1n) is 5.91. The van der Waals surface area contributed by atoms with Gasteiger partial charge in [0.05, 0.1) is 16.4 Å². The summed E-state index contributed by atoms with van der Waals surface area (Å²) in [4.78, 5) is 10.3. The molecule has 2 aromatic rings. The van der Waals surface area contributed by atoms with Gasteiger partial charge in [-0.2, -0.15) is 0 Å². The Morgan fingerprint density at radius 2 is 1.95 bits per heavy atom. The van der Waals surface area contributed by atoms with E-state index in [1.807, 2.05) is 0 Å².